The maximum absolute atomic E-state index is 12.1. The predicted molar refractivity (Wildman–Crippen MR) is 157 cm³/mol. The molecular weight excluding hydrogens is 566 g/mol. The molecule has 252 valence electrons. The number of esters is 3. The molecule has 1 atom stereocenters. The zero-order valence-electron chi connectivity index (χ0n) is 27.5. The van der Waals surface area contributed by atoms with Crippen molar-refractivity contribution in [2.24, 2.45) is 0 Å². The van der Waals surface area contributed by atoms with Gasteiger partial charge in [0.25, 0.3) is 0 Å². The van der Waals surface area contributed by atoms with Crippen LogP contribution in [0.2, 0.25) is 0 Å². The van der Waals surface area contributed by atoms with Gasteiger partial charge in [-0.2, -0.15) is 0 Å². The Bertz CT molecular complexity index is 766. The van der Waals surface area contributed by atoms with Crippen LogP contribution in [0.3, 0.4) is 0 Å². The van der Waals surface area contributed by atoms with Gasteiger partial charge in [0.15, 0.2) is 0 Å². The van der Waals surface area contributed by atoms with Crippen LogP contribution in [-0.2, 0) is 47.6 Å². The topological polar surface area (TPSA) is 176 Å². The number of aliphatic carboxylic acids is 1. The lowest BCUT2D eigenvalue weighted by Crippen LogP contribution is -2.60. The van der Waals surface area contributed by atoms with Gasteiger partial charge < -0.3 is 38.6 Å². The van der Waals surface area contributed by atoms with Gasteiger partial charge in [0.1, 0.15) is 23.0 Å². The molecule has 1 unspecified atom stereocenters. The van der Waals surface area contributed by atoms with Crippen LogP contribution in [0.1, 0.15) is 101 Å². The molecule has 0 saturated carbocycles. The third kappa shape index (κ3) is 24.8. The summed E-state index contributed by atoms with van der Waals surface area (Å²) in [6.07, 6.45) is -1.02. The Morgan fingerprint density at radius 1 is 0.605 bits per heavy atom. The van der Waals surface area contributed by atoms with E-state index in [1.807, 2.05) is 0 Å². The van der Waals surface area contributed by atoms with Crippen molar-refractivity contribution in [1.29, 1.82) is 0 Å². The van der Waals surface area contributed by atoms with Gasteiger partial charge in [0, 0.05) is 6.42 Å². The van der Waals surface area contributed by atoms with Gasteiger partial charge in [0.05, 0.1) is 64.4 Å². The third-order valence-electron chi connectivity index (χ3n) is 5.09. The first-order valence-electron chi connectivity index (χ1n) is 14.7. The molecule has 0 aliphatic heterocycles. The largest absolute Gasteiger partial charge is 0.481 e. The molecule has 0 aromatic carbocycles. The highest BCUT2D eigenvalue weighted by molar-refractivity contribution is 5.70. The molecule has 0 aliphatic rings. The van der Waals surface area contributed by atoms with Gasteiger partial charge in [-0.05, 0) is 75.2 Å². The van der Waals surface area contributed by atoms with Crippen molar-refractivity contribution in [3.63, 3.8) is 0 Å². The van der Waals surface area contributed by atoms with Crippen LogP contribution in [0.4, 0.5) is 0 Å². The van der Waals surface area contributed by atoms with E-state index in [9.17, 15) is 24.3 Å². The highest BCUT2D eigenvalue weighted by Gasteiger charge is 2.34. The maximum atomic E-state index is 12.1. The highest BCUT2D eigenvalue weighted by atomic mass is 16.6. The van der Waals surface area contributed by atoms with Crippen molar-refractivity contribution < 1.29 is 57.8 Å². The predicted octanol–water partition coefficient (Wildman–Crippen LogP) is 3.13. The monoisotopic (exact) mass is 621 g/mol. The summed E-state index contributed by atoms with van der Waals surface area (Å²) >= 11 is 0. The van der Waals surface area contributed by atoms with Gasteiger partial charge in [-0.1, -0.05) is 0 Å². The quantitative estimate of drug-likeness (QED) is 0.0738. The van der Waals surface area contributed by atoms with Gasteiger partial charge >= 0.3 is 23.9 Å². The smallest absolute Gasteiger partial charge is 0.308 e. The molecule has 0 radical (unpaired) electrons. The first-order chi connectivity index (χ1) is 19.6. The Hall–Kier alpha value is -2.32. The van der Waals surface area contributed by atoms with E-state index in [0.717, 1.165) is 0 Å². The Balaban J connectivity index is 5.57. The SMILES string of the molecule is CC(C)(C)OC(=O)CCOCC(COCCC(=O)OC(C)(C)C)(COCCC(=O)OC(C)(C)C)NC(O)CCCC(=O)O. The molecule has 0 bridgehead atoms. The normalized spacial score (nSPS) is 13.3. The molecule has 0 saturated heterocycles. The van der Waals surface area contributed by atoms with Gasteiger partial charge in [-0.15, -0.1) is 0 Å². The summed E-state index contributed by atoms with van der Waals surface area (Å²) in [7, 11) is 0. The van der Waals surface area contributed by atoms with Crippen LogP contribution >= 0.6 is 0 Å². The second-order valence-corrected chi connectivity index (χ2v) is 13.4. The highest BCUT2D eigenvalue weighted by Crippen LogP contribution is 2.15. The summed E-state index contributed by atoms with van der Waals surface area (Å²) in [5.41, 5.74) is -3.14. The van der Waals surface area contributed by atoms with E-state index >= 15 is 0 Å². The number of carbonyl (C=O) groups is 4. The molecule has 0 spiro atoms. The first kappa shape index (κ1) is 40.7. The number of nitrogens with one attached hydrogen (secondary N) is 1. The first-order valence-corrected chi connectivity index (χ1v) is 14.7. The second kappa shape index (κ2) is 19.1. The molecule has 0 amide bonds. The summed E-state index contributed by atoms with van der Waals surface area (Å²) in [6, 6.07) is 0. The Labute approximate surface area is 256 Å². The van der Waals surface area contributed by atoms with Crippen molar-refractivity contribution in [2.75, 3.05) is 39.6 Å². The van der Waals surface area contributed by atoms with Crippen molar-refractivity contribution >= 4 is 23.9 Å². The molecule has 0 heterocycles. The number of carboxylic acids is 1. The summed E-state index contributed by atoms with van der Waals surface area (Å²) in [5.74, 6) is -2.31. The average molecular weight is 622 g/mol. The fourth-order valence-corrected chi connectivity index (χ4v) is 3.57. The van der Waals surface area contributed by atoms with Crippen molar-refractivity contribution in [1.82, 2.24) is 5.32 Å². The van der Waals surface area contributed by atoms with E-state index < -0.39 is 52.4 Å². The minimum atomic E-state index is -1.20. The number of hydrogen-bond acceptors (Lipinski definition) is 12. The molecule has 13 heteroatoms. The van der Waals surface area contributed by atoms with E-state index in [0.29, 0.717) is 0 Å². The zero-order chi connectivity index (χ0) is 33.3. The molecule has 3 N–H and O–H groups in total. The van der Waals surface area contributed by atoms with Gasteiger partial charge in [-0.3, -0.25) is 24.5 Å². The minimum Gasteiger partial charge on any atom is -0.481 e. The second-order valence-electron chi connectivity index (χ2n) is 13.4. The lowest BCUT2D eigenvalue weighted by Gasteiger charge is -2.36. The summed E-state index contributed by atoms with van der Waals surface area (Å²) < 4.78 is 33.3. The van der Waals surface area contributed by atoms with Crippen molar-refractivity contribution in [3.05, 3.63) is 0 Å². The minimum absolute atomic E-state index is 0.00324. The lowest BCUT2D eigenvalue weighted by atomic mass is 10.0. The summed E-state index contributed by atoms with van der Waals surface area (Å²) in [5, 5.41) is 22.7. The van der Waals surface area contributed by atoms with E-state index in [4.69, 9.17) is 33.5 Å². The van der Waals surface area contributed by atoms with Crippen LogP contribution < -0.4 is 5.32 Å². The summed E-state index contributed by atoms with van der Waals surface area (Å²) in [6.45, 7) is 15.6. The summed E-state index contributed by atoms with van der Waals surface area (Å²) in [4.78, 5) is 47.4. The van der Waals surface area contributed by atoms with E-state index in [2.05, 4.69) is 5.32 Å². The van der Waals surface area contributed by atoms with Crippen LogP contribution in [0.25, 0.3) is 0 Å². The van der Waals surface area contributed by atoms with Gasteiger partial charge in [0.2, 0.25) is 0 Å². The van der Waals surface area contributed by atoms with Crippen LogP contribution in [-0.4, -0.2) is 102 Å². The molecule has 0 aromatic heterocycles. The zero-order valence-corrected chi connectivity index (χ0v) is 27.5. The van der Waals surface area contributed by atoms with Crippen molar-refractivity contribution in [3.8, 4) is 0 Å². The number of hydrogen-bond donors (Lipinski definition) is 3. The Morgan fingerprint density at radius 2 is 0.930 bits per heavy atom. The molecule has 0 aromatic rings. The van der Waals surface area contributed by atoms with Crippen molar-refractivity contribution in [2.45, 2.75) is 129 Å². The van der Waals surface area contributed by atoms with E-state index in [1.165, 1.54) is 0 Å². The molecule has 0 aliphatic carbocycles. The number of aliphatic hydroxyl groups is 1. The maximum Gasteiger partial charge on any atom is 0.308 e. The van der Waals surface area contributed by atoms with Crippen LogP contribution in [0.15, 0.2) is 0 Å². The number of aliphatic hydroxyl groups excluding tert-OH is 1. The molecule has 0 fully saturated rings. The van der Waals surface area contributed by atoms with Crippen LogP contribution in [0, 0.1) is 0 Å². The van der Waals surface area contributed by atoms with Crippen LogP contribution in [0.5, 0.6) is 0 Å². The van der Waals surface area contributed by atoms with Gasteiger partial charge in [-0.25, -0.2) is 0 Å². The molecule has 13 nitrogen and oxygen atoms in total. The van der Waals surface area contributed by atoms with E-state index in [1.54, 1.807) is 62.3 Å². The third-order valence-corrected chi connectivity index (χ3v) is 5.09. The fraction of sp³-hybridized carbons (Fsp3) is 0.867. The molecule has 43 heavy (non-hydrogen) atoms. The average Bonchev–Trinajstić information content (AvgIpc) is 2.79. The number of rotatable bonds is 21. The number of ether oxygens (including phenoxy) is 6. The standard InChI is InChI=1S/C30H55NO12/c1-27(2,3)41-24(35)13-16-38-19-30(31-22(32)11-10-12-23(33)34,20-39-17-14-25(36)42-28(4,5)6)21-40-18-15-26(37)43-29(7,8)9/h22,31-32H,10-21H2,1-9H3,(H,33,34). The van der Waals surface area contributed by atoms with E-state index in [-0.39, 0.29) is 78.2 Å². The molecular formula is C30H55NO12. The lowest BCUT2D eigenvalue weighted by molar-refractivity contribution is -0.157. The Kier molecular flexibility index (Phi) is 18.1. The number of carboxylic acid groups (broad SMARTS) is 1. The molecule has 0 rings (SSSR count). The Morgan fingerprint density at radius 3 is 1.21 bits per heavy atom. The fourth-order valence-electron chi connectivity index (χ4n) is 3.57. The number of carbonyl (C=O) groups excluding carboxylic acids is 3.